The third-order valence-corrected chi connectivity index (χ3v) is 13.7. The third-order valence-electron chi connectivity index (χ3n) is 6.98. The summed E-state index contributed by atoms with van der Waals surface area (Å²) in [4.78, 5) is 0. The Bertz CT molecular complexity index is 662. The number of ether oxygens (including phenoxy) is 1. The van der Waals surface area contributed by atoms with Gasteiger partial charge in [-0.15, -0.1) is 0 Å². The summed E-state index contributed by atoms with van der Waals surface area (Å²) in [5, 5.41) is 0. The largest absolute Gasteiger partial charge is 0.458 e. The van der Waals surface area contributed by atoms with E-state index in [9.17, 15) is 0 Å². The molecule has 0 aromatic heterocycles. The number of benzene rings is 1. The third kappa shape index (κ3) is 4.64. The first-order valence-electron chi connectivity index (χ1n) is 11.4. The second kappa shape index (κ2) is 9.96. The highest BCUT2D eigenvalue weighted by atomic mass is 28.3. The number of rotatable bonds is 9. The van der Waals surface area contributed by atoms with Crippen molar-refractivity contribution in [2.75, 3.05) is 0 Å². The Balaban J connectivity index is 2.45. The molecule has 1 aliphatic heterocycles. The van der Waals surface area contributed by atoms with E-state index in [0.717, 1.165) is 11.5 Å². The van der Waals surface area contributed by atoms with Gasteiger partial charge in [0, 0.05) is 11.5 Å². The summed E-state index contributed by atoms with van der Waals surface area (Å²) in [6.45, 7) is 21.3. The minimum Gasteiger partial charge on any atom is -0.458 e. The van der Waals surface area contributed by atoms with E-state index >= 15 is 0 Å². The molecular formula is C26H42OSi. The van der Waals surface area contributed by atoms with Crippen LogP contribution in [0.1, 0.15) is 92.1 Å². The van der Waals surface area contributed by atoms with Crippen LogP contribution in [0.25, 0.3) is 0 Å². The molecule has 1 nitrogen and oxygen atoms in total. The highest BCUT2D eigenvalue weighted by Gasteiger charge is 2.42. The van der Waals surface area contributed by atoms with Crippen LogP contribution in [0.5, 0.6) is 5.75 Å². The molecule has 1 unspecified atom stereocenters. The Kier molecular flexibility index (Phi) is 8.18. The van der Waals surface area contributed by atoms with Gasteiger partial charge in [-0.1, -0.05) is 105 Å². The van der Waals surface area contributed by atoms with E-state index in [1.54, 1.807) is 0 Å². The summed E-state index contributed by atoms with van der Waals surface area (Å²) >= 11 is 0. The maximum absolute atomic E-state index is 6.50. The zero-order valence-electron chi connectivity index (χ0n) is 19.3. The lowest BCUT2D eigenvalue weighted by atomic mass is 9.84. The van der Waals surface area contributed by atoms with Crippen LogP contribution in [0.4, 0.5) is 0 Å². The predicted octanol–water partition coefficient (Wildman–Crippen LogP) is 8.79. The van der Waals surface area contributed by atoms with Crippen molar-refractivity contribution >= 4 is 8.07 Å². The van der Waals surface area contributed by atoms with Gasteiger partial charge in [0.15, 0.2) is 0 Å². The minimum absolute atomic E-state index is 0.395. The number of fused-ring (bicyclic) bond motifs is 1. The van der Waals surface area contributed by atoms with E-state index in [1.165, 1.54) is 43.2 Å². The van der Waals surface area contributed by atoms with Gasteiger partial charge < -0.3 is 4.74 Å². The number of hydrogen-bond acceptors (Lipinski definition) is 1. The molecule has 0 amide bonds. The molecule has 2 heteroatoms. The van der Waals surface area contributed by atoms with Gasteiger partial charge in [0.2, 0.25) is 0 Å². The average molecular weight is 399 g/mol. The average Bonchev–Trinajstić information content (AvgIpc) is 2.64. The fourth-order valence-corrected chi connectivity index (χ4v) is 11.1. The molecule has 0 fully saturated rings. The van der Waals surface area contributed by atoms with Crippen LogP contribution in [0.2, 0.25) is 16.6 Å². The maximum Gasteiger partial charge on any atom is 0.131 e. The molecule has 0 saturated carbocycles. The summed E-state index contributed by atoms with van der Waals surface area (Å²) < 4.78 is 6.50. The SMILES string of the molecule is C=C1/C(=C/[Si](C(C)C)(C(C)C)C(C)C)Oc2ccccc2C1CCCCCC. The number of para-hydroxylation sites is 1. The van der Waals surface area contributed by atoms with Crippen molar-refractivity contribution in [1.82, 2.24) is 0 Å². The summed E-state index contributed by atoms with van der Waals surface area (Å²) in [6.07, 6.45) is 6.35. The van der Waals surface area contributed by atoms with Gasteiger partial charge in [-0.25, -0.2) is 0 Å². The fraction of sp³-hybridized carbons (Fsp3) is 0.615. The molecule has 0 bridgehead atoms. The molecule has 1 aromatic carbocycles. The van der Waals surface area contributed by atoms with Crippen LogP contribution in [-0.4, -0.2) is 8.07 Å². The molecule has 1 heterocycles. The molecule has 0 saturated heterocycles. The number of hydrogen-bond donors (Lipinski definition) is 0. The van der Waals surface area contributed by atoms with Crippen molar-refractivity contribution in [2.45, 2.75) is 103 Å². The molecule has 0 spiro atoms. The monoisotopic (exact) mass is 398 g/mol. The van der Waals surface area contributed by atoms with Crippen LogP contribution in [0.3, 0.4) is 0 Å². The molecular weight excluding hydrogens is 356 g/mol. The van der Waals surface area contributed by atoms with Crippen molar-refractivity contribution < 1.29 is 4.74 Å². The van der Waals surface area contributed by atoms with Crippen molar-refractivity contribution in [1.29, 1.82) is 0 Å². The Labute approximate surface area is 175 Å². The highest BCUT2D eigenvalue weighted by molar-refractivity contribution is 6.88. The van der Waals surface area contributed by atoms with Crippen molar-refractivity contribution in [3.05, 3.63) is 53.4 Å². The van der Waals surface area contributed by atoms with Crippen LogP contribution in [0.15, 0.2) is 47.9 Å². The van der Waals surface area contributed by atoms with Crippen molar-refractivity contribution in [3.63, 3.8) is 0 Å². The predicted molar refractivity (Wildman–Crippen MR) is 127 cm³/mol. The highest BCUT2D eigenvalue weighted by Crippen LogP contribution is 2.48. The minimum atomic E-state index is -1.70. The van der Waals surface area contributed by atoms with Crippen LogP contribution in [-0.2, 0) is 0 Å². The van der Waals surface area contributed by atoms with Gasteiger partial charge >= 0.3 is 0 Å². The lowest BCUT2D eigenvalue weighted by molar-refractivity contribution is 0.393. The summed E-state index contributed by atoms with van der Waals surface area (Å²) in [5.41, 5.74) is 7.13. The van der Waals surface area contributed by atoms with E-state index in [2.05, 4.69) is 85.0 Å². The second-order valence-electron chi connectivity index (χ2n) is 9.54. The lowest BCUT2D eigenvalue weighted by Gasteiger charge is -2.42. The molecule has 2 rings (SSSR count). The topological polar surface area (TPSA) is 9.23 Å². The molecule has 28 heavy (non-hydrogen) atoms. The first-order valence-corrected chi connectivity index (χ1v) is 13.7. The molecule has 156 valence electrons. The van der Waals surface area contributed by atoms with Gasteiger partial charge in [-0.05, 0) is 34.7 Å². The Hall–Kier alpha value is -1.28. The zero-order valence-corrected chi connectivity index (χ0v) is 20.3. The van der Waals surface area contributed by atoms with Gasteiger partial charge in [-0.2, -0.15) is 0 Å². The first-order chi connectivity index (χ1) is 13.3. The number of unbranched alkanes of at least 4 members (excludes halogenated alkanes) is 3. The maximum atomic E-state index is 6.50. The molecule has 1 atom stereocenters. The van der Waals surface area contributed by atoms with Gasteiger partial charge in [0.1, 0.15) is 11.5 Å². The molecule has 1 aliphatic rings. The van der Waals surface area contributed by atoms with Gasteiger partial charge in [0.25, 0.3) is 0 Å². The quantitative estimate of drug-likeness (QED) is 0.298. The normalized spacial score (nSPS) is 18.9. The molecule has 0 aliphatic carbocycles. The first kappa shape index (κ1) is 23.0. The van der Waals surface area contributed by atoms with E-state index in [-0.39, 0.29) is 0 Å². The Morgan fingerprint density at radius 2 is 1.57 bits per heavy atom. The summed E-state index contributed by atoms with van der Waals surface area (Å²) in [7, 11) is -1.70. The van der Waals surface area contributed by atoms with Crippen LogP contribution >= 0.6 is 0 Å². The summed E-state index contributed by atoms with van der Waals surface area (Å²) in [6, 6.07) is 8.60. The smallest absolute Gasteiger partial charge is 0.131 e. The van der Waals surface area contributed by atoms with E-state index in [1.807, 2.05) is 0 Å². The van der Waals surface area contributed by atoms with Gasteiger partial charge in [-0.3, -0.25) is 0 Å². The van der Waals surface area contributed by atoms with Crippen molar-refractivity contribution in [3.8, 4) is 5.75 Å². The second-order valence-corrected chi connectivity index (χ2v) is 15.3. The van der Waals surface area contributed by atoms with E-state index < -0.39 is 8.07 Å². The molecule has 1 aromatic rings. The van der Waals surface area contributed by atoms with Crippen molar-refractivity contribution in [2.24, 2.45) is 0 Å². The van der Waals surface area contributed by atoms with E-state index in [4.69, 9.17) is 4.74 Å². The Morgan fingerprint density at radius 3 is 2.14 bits per heavy atom. The fourth-order valence-electron chi connectivity index (χ4n) is 5.36. The lowest BCUT2D eigenvalue weighted by Crippen LogP contribution is -2.43. The standard InChI is InChI=1S/C26H42OSi/c1-9-10-11-12-15-23-22(8)26(27-25-17-14-13-16-24(23)25)18-28(19(2)3,20(4)5)21(6)7/h13-14,16-21,23H,8-12,15H2,1-7H3/b26-18-. The van der Waals surface area contributed by atoms with E-state index in [0.29, 0.717) is 22.5 Å². The molecule has 0 N–H and O–H groups in total. The Morgan fingerprint density at radius 1 is 0.964 bits per heavy atom. The number of allylic oxidation sites excluding steroid dienone is 1. The zero-order chi connectivity index (χ0) is 20.9. The molecule has 0 radical (unpaired) electrons. The van der Waals surface area contributed by atoms with Crippen LogP contribution < -0.4 is 4.74 Å². The van der Waals surface area contributed by atoms with Crippen LogP contribution in [0, 0.1) is 0 Å². The summed E-state index contributed by atoms with van der Waals surface area (Å²) in [5.74, 6) is 2.51. The van der Waals surface area contributed by atoms with Gasteiger partial charge in [0.05, 0.1) is 8.07 Å².